The van der Waals surface area contributed by atoms with E-state index in [1.165, 1.54) is 0 Å². The maximum Gasteiger partial charge on any atom is 0.244 e. The summed E-state index contributed by atoms with van der Waals surface area (Å²) in [5, 5.41) is 0. The van der Waals surface area contributed by atoms with Crippen LogP contribution in [-0.2, 0) is 14.3 Å². The van der Waals surface area contributed by atoms with E-state index >= 15 is 0 Å². The Bertz CT molecular complexity index is 345. The van der Waals surface area contributed by atoms with Gasteiger partial charge in [-0.05, 0) is 12.8 Å². The second-order valence-corrected chi connectivity index (χ2v) is 5.23. The zero-order chi connectivity index (χ0) is 13.3. The number of ether oxygens (including phenoxy) is 1. The number of carbonyl (C=O) groups is 2. The minimum atomic E-state index is -0.319. The summed E-state index contributed by atoms with van der Waals surface area (Å²) in [6, 6.07) is -0.562. The van der Waals surface area contributed by atoms with Crippen LogP contribution in [0.3, 0.4) is 0 Å². The topological polar surface area (TPSA) is 75.9 Å². The van der Waals surface area contributed by atoms with Crippen LogP contribution in [0.1, 0.15) is 12.8 Å². The standard InChI is InChI=1S/C12H21N3O3/c1-14(2)12(17)10-4-3-5-15(10)11(16)8-6-18-7-9(8)13/h8-10H,3-7,13H2,1-2H3. The molecule has 6 nitrogen and oxygen atoms in total. The number of rotatable bonds is 2. The monoisotopic (exact) mass is 255 g/mol. The molecule has 0 aromatic rings. The molecule has 2 heterocycles. The molecule has 3 atom stereocenters. The summed E-state index contributed by atoms with van der Waals surface area (Å²) in [5.74, 6) is -0.327. The third-order valence-corrected chi connectivity index (χ3v) is 3.70. The van der Waals surface area contributed by atoms with Crippen molar-refractivity contribution in [1.29, 1.82) is 0 Å². The lowest BCUT2D eigenvalue weighted by Gasteiger charge is -2.29. The largest absolute Gasteiger partial charge is 0.379 e. The second kappa shape index (κ2) is 5.24. The van der Waals surface area contributed by atoms with Crippen molar-refractivity contribution in [2.75, 3.05) is 33.9 Å². The van der Waals surface area contributed by atoms with E-state index in [1.54, 1.807) is 23.9 Å². The average molecular weight is 255 g/mol. The Morgan fingerprint density at radius 3 is 2.61 bits per heavy atom. The predicted octanol–water partition coefficient (Wildman–Crippen LogP) is -0.961. The average Bonchev–Trinajstić information content (AvgIpc) is 2.95. The van der Waals surface area contributed by atoms with E-state index in [0.717, 1.165) is 12.8 Å². The number of carbonyl (C=O) groups excluding carboxylic acids is 2. The van der Waals surface area contributed by atoms with Gasteiger partial charge in [-0.1, -0.05) is 0 Å². The predicted molar refractivity (Wildman–Crippen MR) is 65.7 cm³/mol. The normalized spacial score (nSPS) is 31.7. The molecule has 0 aromatic heterocycles. The van der Waals surface area contributed by atoms with Crippen LogP contribution in [0.2, 0.25) is 0 Å². The summed E-state index contributed by atoms with van der Waals surface area (Å²) in [5.41, 5.74) is 5.86. The van der Waals surface area contributed by atoms with Gasteiger partial charge in [-0.3, -0.25) is 9.59 Å². The van der Waals surface area contributed by atoms with Gasteiger partial charge in [0.15, 0.2) is 0 Å². The summed E-state index contributed by atoms with van der Waals surface area (Å²) in [6.45, 7) is 1.45. The van der Waals surface area contributed by atoms with E-state index in [1.807, 2.05) is 0 Å². The Morgan fingerprint density at radius 1 is 1.33 bits per heavy atom. The summed E-state index contributed by atoms with van der Waals surface area (Å²) in [4.78, 5) is 27.6. The number of nitrogens with two attached hydrogens (primary N) is 1. The van der Waals surface area contributed by atoms with Crippen LogP contribution in [-0.4, -0.2) is 67.6 Å². The number of likely N-dealkylation sites (tertiary alicyclic amines) is 1. The summed E-state index contributed by atoms with van der Waals surface area (Å²) in [6.07, 6.45) is 1.62. The molecule has 6 heteroatoms. The Hall–Kier alpha value is -1.14. The fourth-order valence-electron chi connectivity index (χ4n) is 2.62. The van der Waals surface area contributed by atoms with E-state index in [2.05, 4.69) is 0 Å². The van der Waals surface area contributed by atoms with Gasteiger partial charge in [-0.2, -0.15) is 0 Å². The Kier molecular flexibility index (Phi) is 3.87. The molecular weight excluding hydrogens is 234 g/mol. The Balaban J connectivity index is 2.07. The van der Waals surface area contributed by atoms with Crippen LogP contribution in [0.25, 0.3) is 0 Å². The molecule has 2 aliphatic heterocycles. The molecule has 2 N–H and O–H groups in total. The SMILES string of the molecule is CN(C)C(=O)C1CCCN1C(=O)C1COCC1N. The minimum absolute atomic E-state index is 0.00617. The number of hydrogen-bond donors (Lipinski definition) is 1. The van der Waals surface area contributed by atoms with Crippen molar-refractivity contribution >= 4 is 11.8 Å². The number of likely N-dealkylation sites (N-methyl/N-ethyl adjacent to an activating group) is 1. The highest BCUT2D eigenvalue weighted by molar-refractivity contribution is 5.89. The van der Waals surface area contributed by atoms with Gasteiger partial charge in [0.2, 0.25) is 11.8 Å². The van der Waals surface area contributed by atoms with Crippen molar-refractivity contribution in [3.8, 4) is 0 Å². The first-order valence-corrected chi connectivity index (χ1v) is 6.37. The second-order valence-electron chi connectivity index (χ2n) is 5.23. The lowest BCUT2D eigenvalue weighted by Crippen LogP contribution is -2.50. The molecule has 0 bridgehead atoms. The highest BCUT2D eigenvalue weighted by atomic mass is 16.5. The van der Waals surface area contributed by atoms with Crippen molar-refractivity contribution in [2.45, 2.75) is 24.9 Å². The van der Waals surface area contributed by atoms with Gasteiger partial charge in [0, 0.05) is 26.7 Å². The molecule has 2 aliphatic rings. The first kappa shape index (κ1) is 13.3. The van der Waals surface area contributed by atoms with E-state index in [0.29, 0.717) is 19.8 Å². The first-order chi connectivity index (χ1) is 8.52. The molecule has 0 aliphatic carbocycles. The van der Waals surface area contributed by atoms with Crippen molar-refractivity contribution in [3.63, 3.8) is 0 Å². The fraction of sp³-hybridized carbons (Fsp3) is 0.833. The van der Waals surface area contributed by atoms with Crippen LogP contribution >= 0.6 is 0 Å². The molecule has 102 valence electrons. The molecule has 0 spiro atoms. The number of amides is 2. The third-order valence-electron chi connectivity index (χ3n) is 3.70. The molecule has 2 rings (SSSR count). The number of hydrogen-bond acceptors (Lipinski definition) is 4. The lowest BCUT2D eigenvalue weighted by molar-refractivity contribution is -0.144. The van der Waals surface area contributed by atoms with Gasteiger partial charge in [-0.15, -0.1) is 0 Å². The zero-order valence-electron chi connectivity index (χ0n) is 11.0. The molecule has 3 unspecified atom stereocenters. The first-order valence-electron chi connectivity index (χ1n) is 6.37. The fourth-order valence-corrected chi connectivity index (χ4v) is 2.62. The lowest BCUT2D eigenvalue weighted by atomic mass is 10.0. The molecule has 2 saturated heterocycles. The highest BCUT2D eigenvalue weighted by Gasteiger charge is 2.41. The van der Waals surface area contributed by atoms with E-state index in [-0.39, 0.29) is 29.8 Å². The highest BCUT2D eigenvalue weighted by Crippen LogP contribution is 2.24. The maximum atomic E-state index is 12.4. The molecule has 0 saturated carbocycles. The van der Waals surface area contributed by atoms with Crippen molar-refractivity contribution < 1.29 is 14.3 Å². The summed E-state index contributed by atoms with van der Waals surface area (Å²) in [7, 11) is 3.43. The van der Waals surface area contributed by atoms with Crippen molar-refractivity contribution in [2.24, 2.45) is 11.7 Å². The van der Waals surface area contributed by atoms with Crippen molar-refractivity contribution in [1.82, 2.24) is 9.80 Å². The van der Waals surface area contributed by atoms with Gasteiger partial charge >= 0.3 is 0 Å². The Labute approximate surface area is 107 Å². The van der Waals surface area contributed by atoms with Crippen LogP contribution in [0.15, 0.2) is 0 Å². The zero-order valence-corrected chi connectivity index (χ0v) is 11.0. The van der Waals surface area contributed by atoms with Crippen molar-refractivity contribution in [3.05, 3.63) is 0 Å². The summed E-state index contributed by atoms with van der Waals surface area (Å²) < 4.78 is 5.23. The maximum absolute atomic E-state index is 12.4. The minimum Gasteiger partial charge on any atom is -0.379 e. The van der Waals surface area contributed by atoms with Crippen LogP contribution in [0.4, 0.5) is 0 Å². The van der Waals surface area contributed by atoms with Crippen LogP contribution < -0.4 is 5.73 Å². The van der Waals surface area contributed by atoms with Crippen LogP contribution in [0, 0.1) is 5.92 Å². The molecule has 0 radical (unpaired) electrons. The molecular formula is C12H21N3O3. The van der Waals surface area contributed by atoms with Gasteiger partial charge in [0.05, 0.1) is 19.1 Å². The third kappa shape index (κ3) is 2.35. The molecule has 18 heavy (non-hydrogen) atoms. The molecule has 2 amide bonds. The van der Waals surface area contributed by atoms with Gasteiger partial charge in [0.25, 0.3) is 0 Å². The Morgan fingerprint density at radius 2 is 2.06 bits per heavy atom. The van der Waals surface area contributed by atoms with Gasteiger partial charge < -0.3 is 20.3 Å². The van der Waals surface area contributed by atoms with E-state index in [4.69, 9.17) is 10.5 Å². The van der Waals surface area contributed by atoms with E-state index in [9.17, 15) is 9.59 Å². The van der Waals surface area contributed by atoms with E-state index < -0.39 is 0 Å². The quantitative estimate of drug-likeness (QED) is 0.689. The molecule has 0 aromatic carbocycles. The van der Waals surface area contributed by atoms with Crippen LogP contribution in [0.5, 0.6) is 0 Å². The summed E-state index contributed by atoms with van der Waals surface area (Å²) >= 11 is 0. The smallest absolute Gasteiger partial charge is 0.244 e. The number of nitrogens with zero attached hydrogens (tertiary/aromatic N) is 2. The molecule has 2 fully saturated rings. The van der Waals surface area contributed by atoms with Gasteiger partial charge in [-0.25, -0.2) is 0 Å². The van der Waals surface area contributed by atoms with Gasteiger partial charge in [0.1, 0.15) is 6.04 Å².